The summed E-state index contributed by atoms with van der Waals surface area (Å²) in [4.78, 5) is 8.93. The van der Waals surface area contributed by atoms with Crippen molar-refractivity contribution in [3.8, 4) is 0 Å². The molecule has 2 N–H and O–H groups in total. The van der Waals surface area contributed by atoms with Crippen molar-refractivity contribution in [2.24, 2.45) is 0 Å². The zero-order valence-electron chi connectivity index (χ0n) is 8.42. The molecule has 0 saturated carbocycles. The summed E-state index contributed by atoms with van der Waals surface area (Å²) in [6, 6.07) is 0. The molecule has 4 nitrogen and oxygen atoms in total. The summed E-state index contributed by atoms with van der Waals surface area (Å²) in [6.07, 6.45) is 3.01. The number of aromatic nitrogens is 2. The monoisotopic (exact) mass is 210 g/mol. The van der Waals surface area contributed by atoms with Crippen LogP contribution < -0.4 is 10.6 Å². The van der Waals surface area contributed by atoms with Gasteiger partial charge in [0.1, 0.15) is 5.82 Å². The lowest BCUT2D eigenvalue weighted by molar-refractivity contribution is 0.615. The molecule has 0 aliphatic carbocycles. The van der Waals surface area contributed by atoms with Crippen molar-refractivity contribution in [3.63, 3.8) is 0 Å². The Morgan fingerprint density at radius 3 is 3.00 bits per heavy atom. The maximum Gasteiger partial charge on any atom is 0.189 e. The molecule has 14 heavy (non-hydrogen) atoms. The van der Waals surface area contributed by atoms with Crippen LogP contribution in [0.15, 0.2) is 5.16 Å². The van der Waals surface area contributed by atoms with E-state index in [0.29, 0.717) is 0 Å². The third-order valence-electron chi connectivity index (χ3n) is 2.34. The lowest BCUT2D eigenvalue weighted by atomic mass is 10.1. The van der Waals surface area contributed by atoms with E-state index in [1.54, 1.807) is 11.8 Å². The van der Waals surface area contributed by atoms with E-state index in [9.17, 15) is 0 Å². The predicted octanol–water partition coefficient (Wildman–Crippen LogP) is 0.886. The van der Waals surface area contributed by atoms with Gasteiger partial charge >= 0.3 is 0 Å². The predicted molar refractivity (Wildman–Crippen MR) is 58.8 cm³/mol. The van der Waals surface area contributed by atoms with Crippen molar-refractivity contribution in [2.45, 2.75) is 18.1 Å². The number of hydrogen-bond acceptors (Lipinski definition) is 5. The summed E-state index contributed by atoms with van der Waals surface area (Å²) in [6.45, 7) is 1.88. The molecule has 2 rings (SSSR count). The molecule has 0 radical (unpaired) electrons. The summed E-state index contributed by atoms with van der Waals surface area (Å²) in [5.41, 5.74) is 2.41. The molecule has 0 bridgehead atoms. The van der Waals surface area contributed by atoms with Crippen molar-refractivity contribution in [3.05, 3.63) is 11.3 Å². The second-order valence-electron chi connectivity index (χ2n) is 3.16. The van der Waals surface area contributed by atoms with E-state index in [4.69, 9.17) is 0 Å². The number of anilines is 1. The van der Waals surface area contributed by atoms with Crippen LogP contribution in [0.25, 0.3) is 0 Å². The van der Waals surface area contributed by atoms with Crippen LogP contribution in [0.5, 0.6) is 0 Å². The maximum atomic E-state index is 4.49. The number of nitrogens with one attached hydrogen (secondary N) is 2. The Hall–Kier alpha value is -0.810. The highest BCUT2D eigenvalue weighted by atomic mass is 32.2. The standard InChI is InChI=1S/C9H14N4S/c1-10-8-6-3-4-11-5-7(6)12-9(13-8)14-2/h11H,3-5H2,1-2H3,(H,10,12,13). The number of nitrogens with zero attached hydrogens (tertiary/aromatic N) is 2. The molecule has 76 valence electrons. The topological polar surface area (TPSA) is 49.8 Å². The van der Waals surface area contributed by atoms with Gasteiger partial charge in [-0.3, -0.25) is 0 Å². The third-order valence-corrected chi connectivity index (χ3v) is 2.88. The van der Waals surface area contributed by atoms with Crippen molar-refractivity contribution >= 4 is 17.6 Å². The van der Waals surface area contributed by atoms with Crippen molar-refractivity contribution < 1.29 is 0 Å². The Morgan fingerprint density at radius 2 is 2.29 bits per heavy atom. The minimum absolute atomic E-state index is 0.844. The van der Waals surface area contributed by atoms with Crippen LogP contribution in [-0.2, 0) is 13.0 Å². The van der Waals surface area contributed by atoms with E-state index in [-0.39, 0.29) is 0 Å². The van der Waals surface area contributed by atoms with Crippen LogP contribution in [0.4, 0.5) is 5.82 Å². The minimum atomic E-state index is 0.844. The average Bonchev–Trinajstić information content (AvgIpc) is 2.27. The summed E-state index contributed by atoms with van der Waals surface area (Å²) >= 11 is 1.58. The molecule has 0 aromatic carbocycles. The van der Waals surface area contributed by atoms with E-state index in [1.165, 1.54) is 5.56 Å². The molecule has 0 atom stereocenters. The Balaban J connectivity index is 2.47. The van der Waals surface area contributed by atoms with E-state index < -0.39 is 0 Å². The Bertz CT molecular complexity index is 323. The number of thioether (sulfide) groups is 1. The average molecular weight is 210 g/mol. The van der Waals surface area contributed by atoms with E-state index >= 15 is 0 Å². The summed E-state index contributed by atoms with van der Waals surface area (Å²) < 4.78 is 0. The van der Waals surface area contributed by atoms with Gasteiger partial charge in [0.25, 0.3) is 0 Å². The van der Waals surface area contributed by atoms with Gasteiger partial charge in [0, 0.05) is 19.2 Å². The van der Waals surface area contributed by atoms with Crippen molar-refractivity contribution in [1.82, 2.24) is 15.3 Å². The lowest BCUT2D eigenvalue weighted by Crippen LogP contribution is -2.26. The van der Waals surface area contributed by atoms with Gasteiger partial charge in [-0.1, -0.05) is 11.8 Å². The van der Waals surface area contributed by atoms with Crippen LogP contribution >= 0.6 is 11.8 Å². The fourth-order valence-corrected chi connectivity index (χ4v) is 2.02. The highest BCUT2D eigenvalue weighted by molar-refractivity contribution is 7.98. The molecule has 0 unspecified atom stereocenters. The molecule has 1 aliphatic heterocycles. The second-order valence-corrected chi connectivity index (χ2v) is 3.93. The quantitative estimate of drug-likeness (QED) is 0.561. The van der Waals surface area contributed by atoms with Crippen LogP contribution in [0.2, 0.25) is 0 Å². The normalized spacial score (nSPS) is 15.0. The van der Waals surface area contributed by atoms with Gasteiger partial charge in [0.15, 0.2) is 5.16 Å². The van der Waals surface area contributed by atoms with Gasteiger partial charge < -0.3 is 10.6 Å². The molecule has 1 aromatic rings. The largest absolute Gasteiger partial charge is 0.373 e. The minimum Gasteiger partial charge on any atom is -0.373 e. The van der Waals surface area contributed by atoms with Gasteiger partial charge in [-0.2, -0.15) is 0 Å². The number of hydrogen-bond donors (Lipinski definition) is 2. The molecule has 0 amide bonds. The molecular weight excluding hydrogens is 196 g/mol. The molecule has 2 heterocycles. The smallest absolute Gasteiger partial charge is 0.189 e. The summed E-state index contributed by atoms with van der Waals surface area (Å²) in [5, 5.41) is 7.30. The molecule has 0 fully saturated rings. The zero-order valence-corrected chi connectivity index (χ0v) is 9.24. The van der Waals surface area contributed by atoms with Gasteiger partial charge in [-0.15, -0.1) is 0 Å². The summed E-state index contributed by atoms with van der Waals surface area (Å²) in [5.74, 6) is 0.987. The Labute approximate surface area is 87.9 Å². The molecule has 1 aliphatic rings. The van der Waals surface area contributed by atoms with Crippen LogP contribution in [0.1, 0.15) is 11.3 Å². The lowest BCUT2D eigenvalue weighted by Gasteiger charge is -2.19. The van der Waals surface area contributed by atoms with Gasteiger partial charge in [0.2, 0.25) is 0 Å². The number of fused-ring (bicyclic) bond motifs is 1. The zero-order chi connectivity index (χ0) is 9.97. The molecular formula is C9H14N4S. The molecule has 1 aromatic heterocycles. The van der Waals surface area contributed by atoms with Gasteiger partial charge in [0.05, 0.1) is 5.69 Å². The Kier molecular flexibility index (Phi) is 2.88. The van der Waals surface area contributed by atoms with Crippen LogP contribution in [0.3, 0.4) is 0 Å². The SMILES string of the molecule is CNc1nc(SC)nc2c1CCNC2. The van der Waals surface area contributed by atoms with E-state index in [1.807, 2.05) is 13.3 Å². The highest BCUT2D eigenvalue weighted by Crippen LogP contribution is 2.22. The van der Waals surface area contributed by atoms with Crippen LogP contribution in [0, 0.1) is 0 Å². The summed E-state index contributed by atoms with van der Waals surface area (Å²) in [7, 11) is 1.91. The van der Waals surface area contributed by atoms with E-state index in [0.717, 1.165) is 36.2 Å². The third kappa shape index (κ3) is 1.69. The van der Waals surface area contributed by atoms with Crippen molar-refractivity contribution in [2.75, 3.05) is 25.2 Å². The molecule has 5 heteroatoms. The first-order valence-corrected chi connectivity index (χ1v) is 5.90. The first-order valence-electron chi connectivity index (χ1n) is 4.67. The fraction of sp³-hybridized carbons (Fsp3) is 0.556. The first-order chi connectivity index (χ1) is 6.85. The second kappa shape index (κ2) is 4.14. The molecule has 0 saturated heterocycles. The van der Waals surface area contributed by atoms with Crippen LogP contribution in [-0.4, -0.2) is 29.8 Å². The van der Waals surface area contributed by atoms with E-state index in [2.05, 4.69) is 20.6 Å². The van der Waals surface area contributed by atoms with Gasteiger partial charge in [-0.05, 0) is 19.2 Å². The fourth-order valence-electron chi connectivity index (χ4n) is 1.63. The number of rotatable bonds is 2. The maximum absolute atomic E-state index is 4.49. The highest BCUT2D eigenvalue weighted by Gasteiger charge is 2.16. The first kappa shape index (κ1) is 9.73. The van der Waals surface area contributed by atoms with Crippen molar-refractivity contribution in [1.29, 1.82) is 0 Å². The molecule has 0 spiro atoms. The Morgan fingerprint density at radius 1 is 1.43 bits per heavy atom. The van der Waals surface area contributed by atoms with Gasteiger partial charge in [-0.25, -0.2) is 9.97 Å².